The van der Waals surface area contributed by atoms with E-state index in [-0.39, 0.29) is 19.2 Å². The molecule has 1 aliphatic heterocycles. The van der Waals surface area contributed by atoms with E-state index in [1.165, 1.54) is 0 Å². The molecule has 1 aromatic carbocycles. The highest BCUT2D eigenvalue weighted by molar-refractivity contribution is 7.89. The minimum absolute atomic E-state index is 0.0446. The van der Waals surface area contributed by atoms with Gasteiger partial charge in [-0.15, -0.1) is 0 Å². The lowest BCUT2D eigenvalue weighted by Gasteiger charge is -2.19. The van der Waals surface area contributed by atoms with Gasteiger partial charge in [-0.05, 0) is 24.6 Å². The van der Waals surface area contributed by atoms with Crippen molar-refractivity contribution in [2.75, 3.05) is 13.1 Å². The number of nitrogens with two attached hydrogens (primary N) is 1. The molecule has 0 bridgehead atoms. The van der Waals surface area contributed by atoms with E-state index in [0.717, 1.165) is 4.31 Å². The largest absolute Gasteiger partial charge is 0.417 e. The maximum atomic E-state index is 13.0. The minimum atomic E-state index is -4.95. The molecule has 20 heavy (non-hydrogen) atoms. The minimum Gasteiger partial charge on any atom is -0.326 e. The van der Waals surface area contributed by atoms with Gasteiger partial charge in [-0.3, -0.25) is 0 Å². The quantitative estimate of drug-likeness (QED) is 0.843. The van der Waals surface area contributed by atoms with Crippen LogP contribution in [0.2, 0.25) is 0 Å². The number of sulfonamides is 1. The first-order chi connectivity index (χ1) is 9.12. The van der Waals surface area contributed by atoms with Crippen molar-refractivity contribution in [1.29, 1.82) is 0 Å². The molecule has 0 amide bonds. The molecular weight excluding hydrogens is 300 g/mol. The fraction of sp³-hybridized carbons (Fsp3) is 0.455. The molecule has 9 heteroatoms. The van der Waals surface area contributed by atoms with Gasteiger partial charge < -0.3 is 5.73 Å². The predicted octanol–water partition coefficient (Wildman–Crippen LogP) is 1.57. The molecule has 1 aromatic rings. The summed E-state index contributed by atoms with van der Waals surface area (Å²) >= 11 is 0. The summed E-state index contributed by atoms with van der Waals surface area (Å²) in [6.07, 6.45) is -4.58. The summed E-state index contributed by atoms with van der Waals surface area (Å²) in [5.74, 6) is -1.14. The molecule has 1 aliphatic rings. The maximum absolute atomic E-state index is 13.0. The highest BCUT2D eigenvalue weighted by Gasteiger charge is 2.40. The van der Waals surface area contributed by atoms with Gasteiger partial charge in [0.25, 0.3) is 0 Å². The number of hydrogen-bond donors (Lipinski definition) is 1. The topological polar surface area (TPSA) is 63.4 Å². The smallest absolute Gasteiger partial charge is 0.326 e. The van der Waals surface area contributed by atoms with Crippen LogP contribution < -0.4 is 5.73 Å². The first-order valence-electron chi connectivity index (χ1n) is 5.75. The van der Waals surface area contributed by atoms with Crippen LogP contribution in [0.3, 0.4) is 0 Å². The van der Waals surface area contributed by atoms with E-state index in [0.29, 0.717) is 18.6 Å². The van der Waals surface area contributed by atoms with Gasteiger partial charge in [0.15, 0.2) is 0 Å². The third kappa shape index (κ3) is 2.79. The molecule has 2 N–H and O–H groups in total. The molecule has 1 fully saturated rings. The van der Waals surface area contributed by atoms with Gasteiger partial charge in [-0.2, -0.15) is 17.5 Å². The van der Waals surface area contributed by atoms with Crippen LogP contribution in [0.4, 0.5) is 17.6 Å². The Hall–Kier alpha value is -1.19. The summed E-state index contributed by atoms with van der Waals surface area (Å²) in [5.41, 5.74) is 4.06. The highest BCUT2D eigenvalue weighted by atomic mass is 32.2. The van der Waals surface area contributed by atoms with Gasteiger partial charge in [0, 0.05) is 19.1 Å². The van der Waals surface area contributed by atoms with Gasteiger partial charge in [0.2, 0.25) is 10.0 Å². The van der Waals surface area contributed by atoms with E-state index in [4.69, 9.17) is 5.73 Å². The molecule has 0 unspecified atom stereocenters. The first-order valence-corrected chi connectivity index (χ1v) is 7.19. The average Bonchev–Trinajstić information content (AvgIpc) is 2.75. The van der Waals surface area contributed by atoms with Crippen molar-refractivity contribution < 1.29 is 26.0 Å². The Morgan fingerprint density at radius 2 is 1.95 bits per heavy atom. The second-order valence-corrected chi connectivity index (χ2v) is 6.46. The Labute approximate surface area is 113 Å². The van der Waals surface area contributed by atoms with E-state index in [2.05, 4.69) is 0 Å². The van der Waals surface area contributed by atoms with Gasteiger partial charge in [0.1, 0.15) is 5.82 Å². The third-order valence-corrected chi connectivity index (χ3v) is 4.98. The Morgan fingerprint density at radius 1 is 1.30 bits per heavy atom. The fourth-order valence-electron chi connectivity index (χ4n) is 2.06. The van der Waals surface area contributed by atoms with E-state index in [1.807, 2.05) is 0 Å². The van der Waals surface area contributed by atoms with Gasteiger partial charge in [0.05, 0.1) is 10.5 Å². The second-order valence-electron chi connectivity index (χ2n) is 4.55. The molecule has 2 rings (SSSR count). The Kier molecular flexibility index (Phi) is 3.78. The lowest BCUT2D eigenvalue weighted by molar-refractivity contribution is -0.140. The normalized spacial score (nSPS) is 21.4. The van der Waals surface area contributed by atoms with E-state index in [1.54, 1.807) is 0 Å². The standard InChI is InChI=1S/C11H12F4N2O2S/c12-7-1-2-10(9(5-7)11(13,14)15)20(18,19)17-4-3-8(16)6-17/h1-2,5,8H,3-4,6,16H2/t8-/m1/s1. The molecule has 0 aliphatic carbocycles. The van der Waals surface area contributed by atoms with Gasteiger partial charge in [-0.1, -0.05) is 0 Å². The van der Waals surface area contributed by atoms with Crippen molar-refractivity contribution in [3.8, 4) is 0 Å². The number of halogens is 4. The predicted molar refractivity (Wildman–Crippen MR) is 62.8 cm³/mol. The molecule has 1 heterocycles. The van der Waals surface area contributed by atoms with Crippen molar-refractivity contribution in [1.82, 2.24) is 4.31 Å². The first kappa shape index (κ1) is 15.2. The highest BCUT2D eigenvalue weighted by Crippen LogP contribution is 2.36. The zero-order valence-corrected chi connectivity index (χ0v) is 11.0. The van der Waals surface area contributed by atoms with Crippen LogP contribution in [-0.4, -0.2) is 31.9 Å². The monoisotopic (exact) mass is 312 g/mol. The Balaban J connectivity index is 2.52. The zero-order valence-electron chi connectivity index (χ0n) is 10.2. The second kappa shape index (κ2) is 4.97. The van der Waals surface area contributed by atoms with Crippen LogP contribution in [-0.2, 0) is 16.2 Å². The lowest BCUT2D eigenvalue weighted by Crippen LogP contribution is -2.33. The van der Waals surface area contributed by atoms with Crippen LogP contribution in [0.5, 0.6) is 0 Å². The SMILES string of the molecule is N[C@@H]1CCN(S(=O)(=O)c2ccc(F)cc2C(F)(F)F)C1. The number of rotatable bonds is 2. The van der Waals surface area contributed by atoms with Crippen LogP contribution in [0.15, 0.2) is 23.1 Å². The zero-order chi connectivity index (χ0) is 15.1. The summed E-state index contributed by atoms with van der Waals surface area (Å²) in [5, 5.41) is 0. The summed E-state index contributed by atoms with van der Waals surface area (Å²) < 4.78 is 76.8. The molecule has 112 valence electrons. The van der Waals surface area contributed by atoms with Crippen molar-refractivity contribution in [3.05, 3.63) is 29.6 Å². The Morgan fingerprint density at radius 3 is 2.45 bits per heavy atom. The van der Waals surface area contributed by atoms with Crippen LogP contribution in [0.25, 0.3) is 0 Å². The van der Waals surface area contributed by atoms with E-state index < -0.39 is 38.5 Å². The van der Waals surface area contributed by atoms with Crippen molar-refractivity contribution in [3.63, 3.8) is 0 Å². The number of alkyl halides is 3. The molecule has 4 nitrogen and oxygen atoms in total. The van der Waals surface area contributed by atoms with Crippen LogP contribution in [0, 0.1) is 5.82 Å². The lowest BCUT2D eigenvalue weighted by atomic mass is 10.2. The maximum Gasteiger partial charge on any atom is 0.417 e. The van der Waals surface area contributed by atoms with Gasteiger partial charge >= 0.3 is 6.18 Å². The summed E-state index contributed by atoms with van der Waals surface area (Å²) in [4.78, 5) is -0.944. The van der Waals surface area contributed by atoms with E-state index in [9.17, 15) is 26.0 Å². The average molecular weight is 312 g/mol. The molecule has 1 saturated heterocycles. The molecule has 0 aromatic heterocycles. The fourth-order valence-corrected chi connectivity index (χ4v) is 3.76. The number of nitrogens with zero attached hydrogens (tertiary/aromatic N) is 1. The molecule has 0 spiro atoms. The number of hydrogen-bond acceptors (Lipinski definition) is 3. The van der Waals surface area contributed by atoms with E-state index >= 15 is 0 Å². The third-order valence-electron chi connectivity index (χ3n) is 3.05. The van der Waals surface area contributed by atoms with Crippen molar-refractivity contribution >= 4 is 10.0 Å². The summed E-state index contributed by atoms with van der Waals surface area (Å²) in [6, 6.07) is 1.11. The molecule has 0 saturated carbocycles. The Bertz CT molecular complexity index is 615. The van der Waals surface area contributed by atoms with Gasteiger partial charge in [-0.25, -0.2) is 12.8 Å². The van der Waals surface area contributed by atoms with Crippen molar-refractivity contribution in [2.24, 2.45) is 5.73 Å². The molecule has 0 radical (unpaired) electrons. The van der Waals surface area contributed by atoms with Crippen LogP contribution in [0.1, 0.15) is 12.0 Å². The summed E-state index contributed by atoms with van der Waals surface area (Å²) in [6.45, 7) is 0.00911. The van der Waals surface area contributed by atoms with Crippen molar-refractivity contribution in [2.45, 2.75) is 23.5 Å². The number of benzene rings is 1. The molecule has 1 atom stereocenters. The van der Waals surface area contributed by atoms with Crippen LogP contribution >= 0.6 is 0 Å². The molecular formula is C11H12F4N2O2S. The summed E-state index contributed by atoms with van der Waals surface area (Å²) in [7, 11) is -4.34.